The van der Waals surface area contributed by atoms with Crippen LogP contribution in [0.3, 0.4) is 0 Å². The standard InChI is InChI=1S/C32H46N2/c1-5-8-10-12-16-21-33-23-20-26-28(24-33)32(4,7-3)29-25-34(22-17-13-11-9-6-2)30-19-15-14-18-27(30)31(26)29/h14-15,18-20,23-25H,5-13,16-17,21-22H2,1-4H3/q+2. The first kappa shape index (κ1) is 24.9. The monoisotopic (exact) mass is 458 g/mol. The van der Waals surface area contributed by atoms with E-state index in [4.69, 9.17) is 0 Å². The maximum Gasteiger partial charge on any atom is 0.213 e. The fourth-order valence-electron chi connectivity index (χ4n) is 5.91. The van der Waals surface area contributed by atoms with E-state index in [1.165, 1.54) is 97.4 Å². The van der Waals surface area contributed by atoms with E-state index in [9.17, 15) is 0 Å². The molecule has 1 unspecified atom stereocenters. The summed E-state index contributed by atoms with van der Waals surface area (Å²) in [6, 6.07) is 11.5. The first-order valence-electron chi connectivity index (χ1n) is 14.1. The molecule has 0 fully saturated rings. The van der Waals surface area contributed by atoms with Gasteiger partial charge < -0.3 is 0 Å². The Morgan fingerprint density at radius 3 is 2.09 bits per heavy atom. The molecule has 2 heterocycles. The van der Waals surface area contributed by atoms with Gasteiger partial charge >= 0.3 is 0 Å². The number of rotatable bonds is 13. The van der Waals surface area contributed by atoms with Gasteiger partial charge in [0.15, 0.2) is 18.6 Å². The van der Waals surface area contributed by atoms with Crippen molar-refractivity contribution in [2.24, 2.45) is 0 Å². The number of hydrogen-bond acceptors (Lipinski definition) is 0. The smallest absolute Gasteiger partial charge is 0.205 e. The number of unbranched alkanes of at least 4 members (excludes halogenated alkanes) is 8. The molecule has 1 aliphatic rings. The van der Waals surface area contributed by atoms with Crippen LogP contribution in [0, 0.1) is 0 Å². The average molecular weight is 459 g/mol. The molecular weight excluding hydrogens is 412 g/mol. The van der Waals surface area contributed by atoms with E-state index >= 15 is 0 Å². The number of hydrogen-bond donors (Lipinski definition) is 0. The molecule has 1 aliphatic carbocycles. The molecular formula is C32H46N2+2. The summed E-state index contributed by atoms with van der Waals surface area (Å²) in [6.07, 6.45) is 21.7. The molecule has 1 atom stereocenters. The Bertz CT molecular complexity index is 1100. The molecule has 2 heteroatoms. The summed E-state index contributed by atoms with van der Waals surface area (Å²) in [7, 11) is 0. The maximum absolute atomic E-state index is 2.56. The van der Waals surface area contributed by atoms with Crippen molar-refractivity contribution in [3.63, 3.8) is 0 Å². The van der Waals surface area contributed by atoms with Crippen molar-refractivity contribution in [2.75, 3.05) is 0 Å². The minimum atomic E-state index is 0.0733. The van der Waals surface area contributed by atoms with Crippen LogP contribution in [0.1, 0.15) is 109 Å². The molecule has 0 amide bonds. The second-order valence-electron chi connectivity index (χ2n) is 10.7. The van der Waals surface area contributed by atoms with Crippen LogP contribution in [0.15, 0.2) is 48.9 Å². The van der Waals surface area contributed by atoms with Gasteiger partial charge in [-0.25, -0.2) is 4.57 Å². The Labute approximate surface area is 208 Å². The van der Waals surface area contributed by atoms with Crippen molar-refractivity contribution in [3.8, 4) is 11.1 Å². The second-order valence-corrected chi connectivity index (χ2v) is 10.7. The number of para-hydroxylation sites is 1. The van der Waals surface area contributed by atoms with E-state index in [-0.39, 0.29) is 5.41 Å². The summed E-state index contributed by atoms with van der Waals surface area (Å²) in [5.74, 6) is 0. The first-order valence-corrected chi connectivity index (χ1v) is 14.1. The SMILES string of the molecule is CCCCCCC[n+]1ccc2c(c1)C(C)(CC)c1c[n+](CCCCCCC)c3ccccc3c1-2. The number of fused-ring (bicyclic) bond motifs is 5. The third-order valence-corrected chi connectivity index (χ3v) is 8.24. The maximum atomic E-state index is 2.56. The zero-order chi connectivity index (χ0) is 24.0. The lowest BCUT2D eigenvalue weighted by Gasteiger charge is -2.23. The second kappa shape index (κ2) is 11.5. The van der Waals surface area contributed by atoms with Crippen molar-refractivity contribution in [3.05, 3.63) is 60.0 Å². The van der Waals surface area contributed by atoms with Crippen molar-refractivity contribution >= 4 is 10.9 Å². The minimum absolute atomic E-state index is 0.0733. The van der Waals surface area contributed by atoms with E-state index in [2.05, 4.69) is 85.8 Å². The molecule has 34 heavy (non-hydrogen) atoms. The number of aryl methyl sites for hydroxylation is 2. The average Bonchev–Trinajstić information content (AvgIpc) is 3.12. The van der Waals surface area contributed by atoms with Gasteiger partial charge in [0.25, 0.3) is 0 Å². The molecule has 0 spiro atoms. The summed E-state index contributed by atoms with van der Waals surface area (Å²) in [5.41, 5.74) is 7.44. The van der Waals surface area contributed by atoms with Crippen molar-refractivity contribution in [1.29, 1.82) is 0 Å². The molecule has 0 aliphatic heterocycles. The van der Waals surface area contributed by atoms with Gasteiger partial charge in [-0.15, -0.1) is 0 Å². The highest BCUT2D eigenvalue weighted by Crippen LogP contribution is 2.51. The van der Waals surface area contributed by atoms with E-state index in [0.29, 0.717) is 0 Å². The number of benzene rings is 1. The molecule has 0 radical (unpaired) electrons. The minimum Gasteiger partial charge on any atom is -0.205 e. The van der Waals surface area contributed by atoms with Crippen LogP contribution in [-0.4, -0.2) is 0 Å². The Balaban J connectivity index is 1.68. The Hall–Kier alpha value is -2.22. The van der Waals surface area contributed by atoms with Crippen LogP contribution in [-0.2, 0) is 18.5 Å². The molecule has 0 bridgehead atoms. The third-order valence-electron chi connectivity index (χ3n) is 8.24. The highest BCUT2D eigenvalue weighted by Gasteiger charge is 2.43. The number of nitrogens with zero attached hydrogens (tertiary/aromatic N) is 2. The van der Waals surface area contributed by atoms with Crippen LogP contribution in [0.25, 0.3) is 22.0 Å². The largest absolute Gasteiger partial charge is 0.213 e. The summed E-state index contributed by atoms with van der Waals surface area (Å²) in [6.45, 7) is 11.7. The Morgan fingerprint density at radius 1 is 0.706 bits per heavy atom. The van der Waals surface area contributed by atoms with Gasteiger partial charge in [-0.2, -0.15) is 4.57 Å². The van der Waals surface area contributed by atoms with Crippen molar-refractivity contribution in [2.45, 2.75) is 117 Å². The van der Waals surface area contributed by atoms with E-state index < -0.39 is 0 Å². The molecule has 3 aromatic rings. The summed E-state index contributed by atoms with van der Waals surface area (Å²) >= 11 is 0. The van der Waals surface area contributed by atoms with Crippen LogP contribution >= 0.6 is 0 Å². The predicted octanol–water partition coefficient (Wildman–Crippen LogP) is 8.05. The topological polar surface area (TPSA) is 7.76 Å². The molecule has 0 saturated carbocycles. The summed E-state index contributed by atoms with van der Waals surface area (Å²) in [5, 5.41) is 1.42. The van der Waals surface area contributed by atoms with E-state index in [0.717, 1.165) is 19.5 Å². The zero-order valence-electron chi connectivity index (χ0n) is 22.2. The van der Waals surface area contributed by atoms with Gasteiger partial charge in [0, 0.05) is 47.1 Å². The van der Waals surface area contributed by atoms with Crippen LogP contribution in [0.2, 0.25) is 0 Å². The van der Waals surface area contributed by atoms with Gasteiger partial charge in [-0.05, 0) is 30.9 Å². The Kier molecular flexibility index (Phi) is 8.40. The first-order chi connectivity index (χ1) is 16.6. The third kappa shape index (κ3) is 4.92. The lowest BCUT2D eigenvalue weighted by atomic mass is 9.79. The summed E-state index contributed by atoms with van der Waals surface area (Å²) in [4.78, 5) is 0. The lowest BCUT2D eigenvalue weighted by Crippen LogP contribution is -2.37. The normalized spacial score (nSPS) is 16.7. The number of pyridine rings is 2. The molecule has 0 N–H and O–H groups in total. The van der Waals surface area contributed by atoms with Crippen LogP contribution < -0.4 is 9.13 Å². The molecule has 182 valence electrons. The zero-order valence-corrected chi connectivity index (χ0v) is 22.2. The fraction of sp³-hybridized carbons (Fsp3) is 0.562. The van der Waals surface area contributed by atoms with Gasteiger partial charge in [0.05, 0.1) is 5.39 Å². The van der Waals surface area contributed by atoms with Gasteiger partial charge in [0.1, 0.15) is 13.1 Å². The highest BCUT2D eigenvalue weighted by atomic mass is 15.0. The fourth-order valence-corrected chi connectivity index (χ4v) is 5.91. The molecule has 2 aromatic heterocycles. The molecule has 1 aromatic carbocycles. The highest BCUT2D eigenvalue weighted by molar-refractivity contribution is 5.98. The van der Waals surface area contributed by atoms with Crippen LogP contribution in [0.4, 0.5) is 0 Å². The van der Waals surface area contributed by atoms with E-state index in [1.807, 2.05) is 0 Å². The predicted molar refractivity (Wildman–Crippen MR) is 144 cm³/mol. The quantitative estimate of drug-likeness (QED) is 0.181. The van der Waals surface area contributed by atoms with Gasteiger partial charge in [-0.1, -0.05) is 78.4 Å². The number of aromatic nitrogens is 2. The van der Waals surface area contributed by atoms with Crippen LogP contribution in [0.5, 0.6) is 0 Å². The van der Waals surface area contributed by atoms with E-state index in [1.54, 1.807) is 0 Å². The molecule has 0 saturated heterocycles. The van der Waals surface area contributed by atoms with Crippen molar-refractivity contribution < 1.29 is 9.13 Å². The Morgan fingerprint density at radius 2 is 1.38 bits per heavy atom. The molecule has 4 rings (SSSR count). The van der Waals surface area contributed by atoms with Crippen molar-refractivity contribution in [1.82, 2.24) is 0 Å². The molecule has 2 nitrogen and oxygen atoms in total. The van der Waals surface area contributed by atoms with Gasteiger partial charge in [-0.3, -0.25) is 0 Å². The van der Waals surface area contributed by atoms with Gasteiger partial charge in [0.2, 0.25) is 5.52 Å². The lowest BCUT2D eigenvalue weighted by molar-refractivity contribution is -0.697. The summed E-state index contributed by atoms with van der Waals surface area (Å²) < 4.78 is 5.01.